The average molecular weight is 1550 g/mol. The lowest BCUT2D eigenvalue weighted by Crippen LogP contribution is -2.54. The summed E-state index contributed by atoms with van der Waals surface area (Å²) in [6.07, 6.45) is 35.5. The number of anilines is 1. The third-order valence-electron chi connectivity index (χ3n) is 19.2. The van der Waals surface area contributed by atoms with Crippen molar-refractivity contribution in [2.75, 3.05) is 90.3 Å². The molecule has 8 N–H and O–H groups in total. The summed E-state index contributed by atoms with van der Waals surface area (Å²) in [6.45, 7) is 9.86. The molecule has 24 nitrogen and oxygen atoms in total. The van der Waals surface area contributed by atoms with Gasteiger partial charge in [-0.2, -0.15) is 11.8 Å². The number of nitrogens with zero attached hydrogens (tertiary/aromatic N) is 3. The highest BCUT2D eigenvalue weighted by molar-refractivity contribution is 7.99. The van der Waals surface area contributed by atoms with Gasteiger partial charge in [-0.1, -0.05) is 224 Å². The summed E-state index contributed by atoms with van der Waals surface area (Å²) in [5.74, 6) is -1.89. The Balaban J connectivity index is 1.05. The molecule has 5 amide bonds. The molecule has 25 heteroatoms. The van der Waals surface area contributed by atoms with E-state index in [1.807, 2.05) is 30.3 Å². The minimum absolute atomic E-state index is 0.0275. The highest BCUT2D eigenvalue weighted by Crippen LogP contribution is 2.30. The number of hydrogen-bond donors (Lipinski definition) is 7. The van der Waals surface area contributed by atoms with Crippen LogP contribution < -0.4 is 32.3 Å². The highest BCUT2D eigenvalue weighted by Gasteiger charge is 2.29. The first-order valence-corrected chi connectivity index (χ1v) is 42.7. The molecule has 0 saturated heterocycles. The SMILES string of the molecule is CCCCCCCCCCCCCCCC(=O)OC[C@H](CSCC(NC(=O)CCCC(=O)NCCCOCCOCCOCCCNC(=O)CCCC(=O)NCc1ccc(Cn2c(CCCC)nc3c(N)nc4ccccc4c32)cc1)C(=O)N[C@@H](CO)C(=O)OC)OC(=O)CCCCCCCCCCCCCCC. The summed E-state index contributed by atoms with van der Waals surface area (Å²) in [5, 5.41) is 24.7. The largest absolute Gasteiger partial charge is 0.467 e. The van der Waals surface area contributed by atoms with Crippen LogP contribution in [0.1, 0.15) is 282 Å². The van der Waals surface area contributed by atoms with E-state index in [-0.39, 0.29) is 86.7 Å². The van der Waals surface area contributed by atoms with Crippen molar-refractivity contribution >= 4 is 87.0 Å². The second-order valence-electron chi connectivity index (χ2n) is 28.7. The molecule has 109 heavy (non-hydrogen) atoms. The number of amides is 5. The second kappa shape index (κ2) is 61.7. The predicted octanol–water partition coefficient (Wildman–Crippen LogP) is 13.9. The van der Waals surface area contributed by atoms with Crippen molar-refractivity contribution in [3.05, 3.63) is 65.5 Å². The van der Waals surface area contributed by atoms with Crippen LogP contribution in [0.2, 0.25) is 0 Å². The minimum Gasteiger partial charge on any atom is -0.467 e. The second-order valence-corrected chi connectivity index (χ2v) is 29.8. The lowest BCUT2D eigenvalue weighted by atomic mass is 10.0. The highest BCUT2D eigenvalue weighted by atomic mass is 32.2. The molecule has 2 heterocycles. The normalized spacial score (nSPS) is 12.2. The lowest BCUT2D eigenvalue weighted by molar-refractivity contribution is -0.157. The summed E-state index contributed by atoms with van der Waals surface area (Å²) in [7, 11) is 1.12. The Hall–Kier alpha value is -6.93. The molecule has 2 aromatic carbocycles. The Morgan fingerprint density at radius 1 is 0.495 bits per heavy atom. The number of aliphatic hydroxyl groups is 1. The molecule has 1 unspecified atom stereocenters. The van der Waals surface area contributed by atoms with Gasteiger partial charge in [0.2, 0.25) is 29.5 Å². The molecule has 0 spiro atoms. The number of fused-ring (bicyclic) bond motifs is 3. The van der Waals surface area contributed by atoms with Crippen LogP contribution in [-0.4, -0.2) is 170 Å². The molecule has 2 aromatic heterocycles. The molecule has 0 fully saturated rings. The average Bonchev–Trinajstić information content (AvgIpc) is 1.61. The first-order chi connectivity index (χ1) is 53.2. The summed E-state index contributed by atoms with van der Waals surface area (Å²) in [4.78, 5) is 113. The van der Waals surface area contributed by atoms with E-state index < -0.39 is 48.5 Å². The number of nitrogens with two attached hydrogens (primary N) is 1. The topological polar surface area (TPSA) is 329 Å². The molecule has 0 aliphatic carbocycles. The monoisotopic (exact) mass is 1540 g/mol. The van der Waals surface area contributed by atoms with Crippen molar-refractivity contribution in [3.8, 4) is 0 Å². The summed E-state index contributed by atoms with van der Waals surface area (Å²) in [5.41, 5.74) is 11.0. The summed E-state index contributed by atoms with van der Waals surface area (Å²) in [6, 6.07) is 13.6. The number of carbonyl (C=O) groups excluding carboxylic acids is 8. The Labute approximate surface area is 655 Å². The van der Waals surface area contributed by atoms with Gasteiger partial charge in [-0.15, -0.1) is 0 Å². The van der Waals surface area contributed by atoms with E-state index >= 15 is 0 Å². The number of ether oxygens (including phenoxy) is 6. The number of nitrogen functional groups attached to an aromatic ring is 1. The van der Waals surface area contributed by atoms with Gasteiger partial charge in [-0.25, -0.2) is 14.8 Å². The summed E-state index contributed by atoms with van der Waals surface area (Å²) >= 11 is 1.19. The molecule has 0 saturated carbocycles. The van der Waals surface area contributed by atoms with Crippen molar-refractivity contribution in [2.45, 2.75) is 302 Å². The van der Waals surface area contributed by atoms with Crippen molar-refractivity contribution in [3.63, 3.8) is 0 Å². The van der Waals surface area contributed by atoms with Gasteiger partial charge in [-0.05, 0) is 62.1 Å². The van der Waals surface area contributed by atoms with Crippen LogP contribution in [0.5, 0.6) is 0 Å². The van der Waals surface area contributed by atoms with Crippen molar-refractivity contribution < 1.29 is 71.9 Å². The molecule has 0 bridgehead atoms. The van der Waals surface area contributed by atoms with Crippen LogP contribution in [0.25, 0.3) is 21.9 Å². The van der Waals surface area contributed by atoms with E-state index in [1.54, 1.807) is 0 Å². The number of unbranched alkanes of at least 4 members (excludes halogenated alkanes) is 25. The van der Waals surface area contributed by atoms with Crippen LogP contribution in [0.3, 0.4) is 0 Å². The van der Waals surface area contributed by atoms with E-state index in [0.717, 1.165) is 104 Å². The number of carbonyl (C=O) groups is 8. The molecule has 614 valence electrons. The predicted molar refractivity (Wildman–Crippen MR) is 433 cm³/mol. The zero-order valence-electron chi connectivity index (χ0n) is 66.8. The van der Waals surface area contributed by atoms with Gasteiger partial charge in [0, 0.05) is 101 Å². The maximum atomic E-state index is 13.6. The number of imidazole rings is 1. The number of benzene rings is 2. The Bertz CT molecular complexity index is 3160. The van der Waals surface area contributed by atoms with Crippen LogP contribution in [-0.2, 0) is 86.3 Å². The third-order valence-corrected chi connectivity index (χ3v) is 20.3. The number of methoxy groups -OCH3 is 1. The molecule has 0 radical (unpaired) electrons. The molecular weight excluding hydrogens is 1410 g/mol. The van der Waals surface area contributed by atoms with Gasteiger partial charge in [0.15, 0.2) is 11.9 Å². The number of pyridine rings is 1. The van der Waals surface area contributed by atoms with Crippen molar-refractivity contribution in [1.29, 1.82) is 0 Å². The number of aromatic nitrogens is 3. The lowest BCUT2D eigenvalue weighted by Gasteiger charge is -2.22. The number of rotatable bonds is 69. The summed E-state index contributed by atoms with van der Waals surface area (Å²) < 4.78 is 35.4. The number of para-hydroxylation sites is 1. The van der Waals surface area contributed by atoms with Gasteiger partial charge in [-0.3, -0.25) is 33.6 Å². The number of nitrogens with one attached hydrogen (secondary N) is 5. The zero-order valence-corrected chi connectivity index (χ0v) is 67.6. The zero-order chi connectivity index (χ0) is 78.6. The van der Waals surface area contributed by atoms with E-state index in [2.05, 4.69) is 75.1 Å². The maximum Gasteiger partial charge on any atom is 0.330 e. The third kappa shape index (κ3) is 44.0. The van der Waals surface area contributed by atoms with Crippen molar-refractivity contribution in [1.82, 2.24) is 41.1 Å². The molecule has 4 aromatic rings. The quantitative estimate of drug-likeness (QED) is 0.0123. The number of esters is 3. The van der Waals surface area contributed by atoms with Crippen LogP contribution in [0, 0.1) is 0 Å². The fraction of sp³-hybridized carbons (Fsp3) is 0.714. The van der Waals surface area contributed by atoms with Crippen LogP contribution in [0.15, 0.2) is 48.5 Å². The van der Waals surface area contributed by atoms with Gasteiger partial charge in [0.1, 0.15) is 30.1 Å². The molecule has 0 aliphatic heterocycles. The van der Waals surface area contributed by atoms with E-state index in [9.17, 15) is 43.5 Å². The smallest absolute Gasteiger partial charge is 0.330 e. The van der Waals surface area contributed by atoms with Gasteiger partial charge in [0.05, 0.1) is 51.2 Å². The Morgan fingerprint density at radius 3 is 1.50 bits per heavy atom. The van der Waals surface area contributed by atoms with Gasteiger partial charge < -0.3 is 70.4 Å². The van der Waals surface area contributed by atoms with Gasteiger partial charge >= 0.3 is 17.9 Å². The maximum absolute atomic E-state index is 13.6. The number of aryl methyl sites for hydroxylation is 1. The van der Waals surface area contributed by atoms with E-state index in [0.29, 0.717) is 104 Å². The fourth-order valence-electron chi connectivity index (χ4n) is 12.7. The van der Waals surface area contributed by atoms with E-state index in [4.69, 9.17) is 39.1 Å². The van der Waals surface area contributed by atoms with Crippen LogP contribution in [0.4, 0.5) is 5.82 Å². The van der Waals surface area contributed by atoms with Crippen molar-refractivity contribution in [2.24, 2.45) is 0 Å². The van der Waals surface area contributed by atoms with E-state index in [1.165, 1.54) is 127 Å². The minimum atomic E-state index is -1.39. The molecule has 4 rings (SSSR count). The van der Waals surface area contributed by atoms with Gasteiger partial charge in [0.25, 0.3) is 0 Å². The Morgan fingerprint density at radius 2 is 0.972 bits per heavy atom. The first kappa shape index (κ1) is 94.4. The number of aliphatic hydroxyl groups excluding tert-OH is 1. The molecule has 3 atom stereocenters. The first-order valence-electron chi connectivity index (χ1n) is 41.6. The number of thioether (sulfide) groups is 1. The Kier molecular flexibility index (Phi) is 53.5. The molecule has 0 aliphatic rings. The molecular formula is C84H137N9O15S. The standard InChI is InChI=1S/C84H137N9O15S/c1-5-8-11-13-15-17-19-21-23-25-27-29-31-46-78(99)107-63-68(108-79(100)47-32-30-28-26-24-22-20-18-16-14-12-9-6-2)64-109-65-72(83(101)91-71(62-94)84(102)103-4)89-77(98)45-36-43-75(96)87-53-38-55-105-57-59-106-58-56-104-54-37-52-86-74(95)42-35-44-76(97)88-60-66-48-50-67(51-49-66)61-93-73(41-10-7-3)92-80-81(93)69-39-33-34-40-70(69)90-82(80)85/h33-34,39-40,48-51,68,71-72,94H,5-32,35-38,41-47,52-65H2,1-4H3,(H2,85,90)(H,86,95)(H,87,96)(H,88,97)(H,89,98)(H,91,101)/t68-,71+,72?/m1/s1. The van der Waals surface area contributed by atoms with Crippen LogP contribution >= 0.6 is 11.8 Å². The number of hydrogen-bond acceptors (Lipinski definition) is 19. The fourth-order valence-corrected chi connectivity index (χ4v) is 13.8.